The van der Waals surface area contributed by atoms with Crippen molar-refractivity contribution in [2.45, 2.75) is 45.3 Å². The molecule has 5 nitrogen and oxygen atoms in total. The quantitative estimate of drug-likeness (QED) is 0.835. The number of piperidine rings is 1. The van der Waals surface area contributed by atoms with Crippen LogP contribution in [0.1, 0.15) is 33.6 Å². The highest BCUT2D eigenvalue weighted by Gasteiger charge is 2.32. The number of hydrogen-bond donors (Lipinski definition) is 1. The van der Waals surface area contributed by atoms with E-state index in [-0.39, 0.29) is 12.2 Å². The number of ether oxygens (including phenoxy) is 2. The van der Waals surface area contributed by atoms with Gasteiger partial charge in [0.25, 0.3) is 0 Å². The summed E-state index contributed by atoms with van der Waals surface area (Å²) in [6.07, 6.45) is 1.68. The summed E-state index contributed by atoms with van der Waals surface area (Å²) in [6, 6.07) is 0. The normalized spacial score (nSPS) is 25.1. The summed E-state index contributed by atoms with van der Waals surface area (Å²) in [4.78, 5) is 13.7. The van der Waals surface area contributed by atoms with E-state index in [0.717, 1.165) is 19.4 Å². The summed E-state index contributed by atoms with van der Waals surface area (Å²) in [5.74, 6) is 0.443. The van der Waals surface area contributed by atoms with Crippen molar-refractivity contribution in [1.29, 1.82) is 0 Å². The Balaban J connectivity index is 2.54. The van der Waals surface area contributed by atoms with Crippen LogP contribution in [0, 0.1) is 5.92 Å². The van der Waals surface area contributed by atoms with Crippen LogP contribution in [-0.4, -0.2) is 49.4 Å². The van der Waals surface area contributed by atoms with Crippen LogP contribution in [0.3, 0.4) is 0 Å². The van der Waals surface area contributed by atoms with Gasteiger partial charge >= 0.3 is 6.09 Å². The standard InChI is InChI=1S/C13H26N2O3/c1-13(2,3)18-12(16)15-8-6-10(5-7-14)11(9-15)17-4/h10-11H,5-9,14H2,1-4H3/t10-,11-/m1/s1. The number of likely N-dealkylation sites (tertiary alicyclic amines) is 1. The lowest BCUT2D eigenvalue weighted by Crippen LogP contribution is -2.49. The fourth-order valence-electron chi connectivity index (χ4n) is 2.27. The highest BCUT2D eigenvalue weighted by Crippen LogP contribution is 2.24. The van der Waals surface area contributed by atoms with Gasteiger partial charge in [-0.2, -0.15) is 0 Å². The minimum absolute atomic E-state index is 0.0646. The lowest BCUT2D eigenvalue weighted by Gasteiger charge is -2.38. The van der Waals surface area contributed by atoms with Crippen molar-refractivity contribution >= 4 is 6.09 Å². The summed E-state index contributed by atoms with van der Waals surface area (Å²) in [6.45, 7) is 7.60. The Bertz CT molecular complexity index is 276. The molecule has 106 valence electrons. The Morgan fingerprint density at radius 2 is 2.11 bits per heavy atom. The van der Waals surface area contributed by atoms with Crippen molar-refractivity contribution in [3.63, 3.8) is 0 Å². The second kappa shape index (κ2) is 6.38. The fraction of sp³-hybridized carbons (Fsp3) is 0.923. The number of methoxy groups -OCH3 is 1. The molecule has 1 aliphatic rings. The smallest absolute Gasteiger partial charge is 0.410 e. The van der Waals surface area contributed by atoms with Gasteiger partial charge in [-0.1, -0.05) is 0 Å². The molecule has 0 saturated carbocycles. The molecule has 0 radical (unpaired) electrons. The van der Waals surface area contributed by atoms with Crippen molar-refractivity contribution in [3.8, 4) is 0 Å². The van der Waals surface area contributed by atoms with E-state index in [0.29, 0.717) is 19.0 Å². The molecule has 2 N–H and O–H groups in total. The van der Waals surface area contributed by atoms with E-state index < -0.39 is 5.60 Å². The molecule has 0 unspecified atom stereocenters. The second-order valence-corrected chi connectivity index (χ2v) is 5.83. The lowest BCUT2D eigenvalue weighted by atomic mass is 9.91. The number of hydrogen-bond acceptors (Lipinski definition) is 4. The molecule has 1 fully saturated rings. The minimum Gasteiger partial charge on any atom is -0.444 e. The van der Waals surface area contributed by atoms with E-state index in [9.17, 15) is 4.79 Å². The van der Waals surface area contributed by atoms with E-state index in [1.54, 1.807) is 12.0 Å². The largest absolute Gasteiger partial charge is 0.444 e. The van der Waals surface area contributed by atoms with Gasteiger partial charge in [-0.05, 0) is 46.1 Å². The first kappa shape index (κ1) is 15.2. The Morgan fingerprint density at radius 3 is 2.61 bits per heavy atom. The van der Waals surface area contributed by atoms with Crippen molar-refractivity contribution in [2.24, 2.45) is 11.7 Å². The molecule has 0 spiro atoms. The summed E-state index contributed by atoms with van der Waals surface area (Å²) < 4.78 is 10.8. The molecule has 1 saturated heterocycles. The molecule has 5 heteroatoms. The molecule has 2 atom stereocenters. The third kappa shape index (κ3) is 4.46. The average molecular weight is 258 g/mol. The van der Waals surface area contributed by atoms with Crippen molar-refractivity contribution < 1.29 is 14.3 Å². The molecular formula is C13H26N2O3. The van der Waals surface area contributed by atoms with Crippen molar-refractivity contribution in [3.05, 3.63) is 0 Å². The van der Waals surface area contributed by atoms with Crippen LogP contribution in [0.15, 0.2) is 0 Å². The van der Waals surface area contributed by atoms with E-state index in [1.807, 2.05) is 20.8 Å². The van der Waals surface area contributed by atoms with Crippen molar-refractivity contribution in [1.82, 2.24) is 4.90 Å². The van der Waals surface area contributed by atoms with Crippen LogP contribution < -0.4 is 5.73 Å². The molecule has 0 aromatic rings. The van der Waals surface area contributed by atoms with Gasteiger partial charge in [-0.15, -0.1) is 0 Å². The van der Waals surface area contributed by atoms with Crippen LogP contribution in [0.25, 0.3) is 0 Å². The first-order valence-electron chi connectivity index (χ1n) is 6.58. The minimum atomic E-state index is -0.451. The number of carbonyl (C=O) groups is 1. The highest BCUT2D eigenvalue weighted by atomic mass is 16.6. The third-order valence-electron chi connectivity index (χ3n) is 3.19. The number of rotatable bonds is 3. The topological polar surface area (TPSA) is 64.8 Å². The van der Waals surface area contributed by atoms with Crippen LogP contribution in [-0.2, 0) is 9.47 Å². The molecule has 1 aliphatic heterocycles. The van der Waals surface area contributed by atoms with E-state index in [2.05, 4.69) is 0 Å². The summed E-state index contributed by atoms with van der Waals surface area (Å²) >= 11 is 0. The monoisotopic (exact) mass is 258 g/mol. The number of nitrogens with two attached hydrogens (primary N) is 1. The van der Waals surface area contributed by atoms with Gasteiger partial charge in [0.2, 0.25) is 0 Å². The zero-order chi connectivity index (χ0) is 13.8. The van der Waals surface area contributed by atoms with E-state index >= 15 is 0 Å². The molecule has 1 amide bonds. The Hall–Kier alpha value is -0.810. The van der Waals surface area contributed by atoms with Crippen LogP contribution in [0.4, 0.5) is 4.79 Å². The van der Waals surface area contributed by atoms with Gasteiger partial charge in [0.05, 0.1) is 12.6 Å². The number of nitrogens with zero attached hydrogens (tertiary/aromatic N) is 1. The SMILES string of the molecule is CO[C@@H]1CN(C(=O)OC(C)(C)C)CC[C@H]1CCN. The zero-order valence-electron chi connectivity index (χ0n) is 11.9. The first-order chi connectivity index (χ1) is 8.37. The molecule has 0 aliphatic carbocycles. The average Bonchev–Trinajstić information content (AvgIpc) is 2.27. The summed E-state index contributed by atoms with van der Waals surface area (Å²) in [5, 5.41) is 0. The predicted molar refractivity (Wildman–Crippen MR) is 70.4 cm³/mol. The first-order valence-corrected chi connectivity index (χ1v) is 6.58. The van der Waals surface area contributed by atoms with Gasteiger partial charge < -0.3 is 20.1 Å². The van der Waals surface area contributed by atoms with Gasteiger partial charge in [0.1, 0.15) is 5.60 Å². The van der Waals surface area contributed by atoms with Crippen LogP contribution in [0.2, 0.25) is 0 Å². The van der Waals surface area contributed by atoms with Crippen LogP contribution in [0.5, 0.6) is 0 Å². The molecule has 0 aromatic carbocycles. The number of carbonyl (C=O) groups excluding carboxylic acids is 1. The maximum Gasteiger partial charge on any atom is 0.410 e. The Kier molecular flexibility index (Phi) is 5.41. The van der Waals surface area contributed by atoms with E-state index in [4.69, 9.17) is 15.2 Å². The van der Waals surface area contributed by atoms with Gasteiger partial charge in [-0.25, -0.2) is 4.79 Å². The maximum atomic E-state index is 12.0. The van der Waals surface area contributed by atoms with Gasteiger partial charge in [0.15, 0.2) is 0 Å². The zero-order valence-corrected chi connectivity index (χ0v) is 11.9. The molecular weight excluding hydrogens is 232 g/mol. The lowest BCUT2D eigenvalue weighted by molar-refractivity contribution is -0.0297. The van der Waals surface area contributed by atoms with Gasteiger partial charge in [0, 0.05) is 13.7 Å². The number of amides is 1. The predicted octanol–water partition coefficient (Wildman–Crippen LogP) is 1.61. The molecule has 1 rings (SSSR count). The molecule has 18 heavy (non-hydrogen) atoms. The molecule has 0 bridgehead atoms. The summed E-state index contributed by atoms with van der Waals surface area (Å²) in [7, 11) is 1.69. The maximum absolute atomic E-state index is 12.0. The third-order valence-corrected chi connectivity index (χ3v) is 3.19. The van der Waals surface area contributed by atoms with Crippen LogP contribution >= 0.6 is 0 Å². The highest BCUT2D eigenvalue weighted by molar-refractivity contribution is 5.68. The van der Waals surface area contributed by atoms with Crippen molar-refractivity contribution in [2.75, 3.05) is 26.7 Å². The summed E-state index contributed by atoms with van der Waals surface area (Å²) in [5.41, 5.74) is 5.14. The Morgan fingerprint density at radius 1 is 1.44 bits per heavy atom. The van der Waals surface area contributed by atoms with Gasteiger partial charge in [-0.3, -0.25) is 0 Å². The molecule has 1 heterocycles. The fourth-order valence-corrected chi connectivity index (χ4v) is 2.27. The second-order valence-electron chi connectivity index (χ2n) is 5.83. The Labute approximate surface area is 110 Å². The van der Waals surface area contributed by atoms with E-state index in [1.165, 1.54) is 0 Å². The molecule has 0 aromatic heterocycles.